The molecule has 2 heterocycles. The van der Waals surface area contributed by atoms with Crippen LogP contribution in [0.25, 0.3) is 0 Å². The van der Waals surface area contributed by atoms with Crippen molar-refractivity contribution in [3.63, 3.8) is 0 Å². The zero-order chi connectivity index (χ0) is 21.5. The Bertz CT molecular complexity index is 1070. The maximum atomic E-state index is 13.3. The van der Waals surface area contributed by atoms with Crippen molar-refractivity contribution in [3.05, 3.63) is 52.6 Å². The number of benzene rings is 2. The van der Waals surface area contributed by atoms with Gasteiger partial charge in [-0.2, -0.15) is 4.31 Å². The summed E-state index contributed by atoms with van der Waals surface area (Å²) in [5, 5.41) is 0. The standard InChI is InChI=1S/C23H28N2O4S/c1-16-13-19(14-17(2)22(16)29-3)23(26)25-12-6-7-18-15-20(8-9-21(18)25)30(27,28)24-10-4-5-11-24/h8-9,13-15H,4-7,10-12H2,1-3H3. The molecule has 2 aromatic carbocycles. The molecule has 0 unspecified atom stereocenters. The molecule has 4 rings (SSSR count). The first-order chi connectivity index (χ1) is 14.3. The third-order valence-electron chi connectivity index (χ3n) is 6.03. The smallest absolute Gasteiger partial charge is 0.258 e. The highest BCUT2D eigenvalue weighted by Gasteiger charge is 2.30. The molecular weight excluding hydrogens is 400 g/mol. The summed E-state index contributed by atoms with van der Waals surface area (Å²) in [5.41, 5.74) is 4.18. The molecule has 0 aromatic heterocycles. The van der Waals surface area contributed by atoms with Crippen LogP contribution in [0.5, 0.6) is 5.75 Å². The van der Waals surface area contributed by atoms with Crippen LogP contribution in [0.2, 0.25) is 0 Å². The van der Waals surface area contributed by atoms with Gasteiger partial charge in [-0.05, 0) is 86.6 Å². The van der Waals surface area contributed by atoms with Gasteiger partial charge in [0, 0.05) is 30.9 Å². The van der Waals surface area contributed by atoms with Gasteiger partial charge in [0.2, 0.25) is 10.0 Å². The van der Waals surface area contributed by atoms with Crippen LogP contribution in [0.1, 0.15) is 46.3 Å². The number of nitrogens with zero attached hydrogens (tertiary/aromatic N) is 2. The number of carbonyl (C=O) groups is 1. The number of sulfonamides is 1. The van der Waals surface area contributed by atoms with E-state index in [2.05, 4.69) is 0 Å². The number of methoxy groups -OCH3 is 1. The lowest BCUT2D eigenvalue weighted by Crippen LogP contribution is -2.36. The first-order valence-corrected chi connectivity index (χ1v) is 11.9. The molecule has 0 saturated carbocycles. The first-order valence-electron chi connectivity index (χ1n) is 10.4. The van der Waals surface area contributed by atoms with Gasteiger partial charge in [-0.3, -0.25) is 4.79 Å². The fourth-order valence-corrected chi connectivity index (χ4v) is 6.14. The van der Waals surface area contributed by atoms with Crippen molar-refractivity contribution in [1.29, 1.82) is 0 Å². The van der Waals surface area contributed by atoms with Crippen molar-refractivity contribution < 1.29 is 17.9 Å². The van der Waals surface area contributed by atoms with Crippen molar-refractivity contribution in [2.75, 3.05) is 31.6 Å². The van der Waals surface area contributed by atoms with Gasteiger partial charge < -0.3 is 9.64 Å². The Labute approximate surface area is 178 Å². The summed E-state index contributed by atoms with van der Waals surface area (Å²) in [6.07, 6.45) is 3.39. The number of carbonyl (C=O) groups excluding carboxylic acids is 1. The molecule has 6 nitrogen and oxygen atoms in total. The molecular formula is C23H28N2O4S. The van der Waals surface area contributed by atoms with E-state index in [9.17, 15) is 13.2 Å². The van der Waals surface area contributed by atoms with Crippen molar-refractivity contribution in [2.24, 2.45) is 0 Å². The molecule has 0 N–H and O–H groups in total. The number of hydrogen-bond acceptors (Lipinski definition) is 4. The topological polar surface area (TPSA) is 66.9 Å². The Balaban J connectivity index is 1.67. The van der Waals surface area contributed by atoms with Gasteiger partial charge in [0.1, 0.15) is 5.75 Å². The van der Waals surface area contributed by atoms with E-state index in [0.29, 0.717) is 30.1 Å². The van der Waals surface area contributed by atoms with Crippen LogP contribution in [0.15, 0.2) is 35.2 Å². The largest absolute Gasteiger partial charge is 0.496 e. The first kappa shape index (κ1) is 20.9. The third-order valence-corrected chi connectivity index (χ3v) is 7.92. The molecule has 1 saturated heterocycles. The van der Waals surface area contributed by atoms with Crippen LogP contribution in [0, 0.1) is 13.8 Å². The number of anilines is 1. The number of aryl methyl sites for hydroxylation is 3. The van der Waals surface area contributed by atoms with E-state index in [-0.39, 0.29) is 5.91 Å². The van der Waals surface area contributed by atoms with Crippen molar-refractivity contribution in [3.8, 4) is 5.75 Å². The molecule has 7 heteroatoms. The average Bonchev–Trinajstić information content (AvgIpc) is 3.28. The molecule has 1 amide bonds. The molecule has 0 spiro atoms. The maximum absolute atomic E-state index is 13.3. The zero-order valence-corrected chi connectivity index (χ0v) is 18.6. The van der Waals surface area contributed by atoms with Crippen LogP contribution in [0.4, 0.5) is 5.69 Å². The third kappa shape index (κ3) is 3.61. The summed E-state index contributed by atoms with van der Waals surface area (Å²) in [6, 6.07) is 8.90. The Morgan fingerprint density at radius 3 is 2.27 bits per heavy atom. The Hall–Kier alpha value is -2.38. The number of hydrogen-bond donors (Lipinski definition) is 0. The summed E-state index contributed by atoms with van der Waals surface area (Å²) in [5.74, 6) is 0.724. The van der Waals surface area contributed by atoms with Crippen LogP contribution in [0.3, 0.4) is 0 Å². The minimum absolute atomic E-state index is 0.0695. The van der Waals surface area contributed by atoms with Crippen LogP contribution in [-0.2, 0) is 16.4 Å². The summed E-state index contributed by atoms with van der Waals surface area (Å²) in [6.45, 7) is 5.65. The minimum atomic E-state index is -3.47. The van der Waals surface area contributed by atoms with Gasteiger partial charge in [-0.15, -0.1) is 0 Å². The highest BCUT2D eigenvalue weighted by Crippen LogP contribution is 2.33. The lowest BCUT2D eigenvalue weighted by atomic mass is 9.99. The summed E-state index contributed by atoms with van der Waals surface area (Å²) >= 11 is 0. The summed E-state index contributed by atoms with van der Waals surface area (Å²) in [7, 11) is -1.83. The van der Waals surface area contributed by atoms with E-state index in [1.807, 2.05) is 26.0 Å². The van der Waals surface area contributed by atoms with Crippen LogP contribution >= 0.6 is 0 Å². The second-order valence-corrected chi connectivity index (χ2v) is 10.0. The molecule has 0 radical (unpaired) electrons. The van der Waals surface area contributed by atoms with E-state index in [4.69, 9.17) is 4.74 Å². The molecule has 1 fully saturated rings. The quantitative estimate of drug-likeness (QED) is 0.745. The predicted octanol–water partition coefficient (Wildman–Crippen LogP) is 3.69. The Morgan fingerprint density at radius 1 is 0.967 bits per heavy atom. The molecule has 2 aliphatic rings. The van der Waals surface area contributed by atoms with Crippen LogP contribution < -0.4 is 9.64 Å². The van der Waals surface area contributed by atoms with Gasteiger partial charge in [-0.1, -0.05) is 0 Å². The van der Waals surface area contributed by atoms with E-state index < -0.39 is 10.0 Å². The monoisotopic (exact) mass is 428 g/mol. The van der Waals surface area contributed by atoms with E-state index in [0.717, 1.165) is 53.8 Å². The highest BCUT2D eigenvalue weighted by atomic mass is 32.2. The molecule has 0 bridgehead atoms. The second kappa shape index (κ2) is 8.04. The maximum Gasteiger partial charge on any atom is 0.258 e. The Morgan fingerprint density at radius 2 is 1.63 bits per heavy atom. The molecule has 0 atom stereocenters. The minimum Gasteiger partial charge on any atom is -0.496 e. The van der Waals surface area contributed by atoms with Gasteiger partial charge in [-0.25, -0.2) is 8.42 Å². The van der Waals surface area contributed by atoms with E-state index in [1.54, 1.807) is 34.5 Å². The van der Waals surface area contributed by atoms with Crippen LogP contribution in [-0.4, -0.2) is 45.4 Å². The molecule has 2 aromatic rings. The lowest BCUT2D eigenvalue weighted by Gasteiger charge is -2.30. The lowest BCUT2D eigenvalue weighted by molar-refractivity contribution is 0.0985. The van der Waals surface area contributed by atoms with E-state index >= 15 is 0 Å². The van der Waals surface area contributed by atoms with Gasteiger partial charge in [0.05, 0.1) is 12.0 Å². The fourth-order valence-electron chi connectivity index (χ4n) is 4.57. The molecule has 2 aliphatic heterocycles. The van der Waals surface area contributed by atoms with Gasteiger partial charge in [0.15, 0.2) is 0 Å². The average molecular weight is 429 g/mol. The SMILES string of the molecule is COc1c(C)cc(C(=O)N2CCCc3cc(S(=O)(=O)N4CCCC4)ccc32)cc1C. The van der Waals surface area contributed by atoms with Gasteiger partial charge >= 0.3 is 0 Å². The normalized spacial score (nSPS) is 17.1. The zero-order valence-electron chi connectivity index (χ0n) is 17.8. The molecule has 30 heavy (non-hydrogen) atoms. The molecule has 160 valence electrons. The second-order valence-electron chi connectivity index (χ2n) is 8.11. The number of fused-ring (bicyclic) bond motifs is 1. The number of rotatable bonds is 4. The summed E-state index contributed by atoms with van der Waals surface area (Å²) < 4.78 is 32.8. The highest BCUT2D eigenvalue weighted by molar-refractivity contribution is 7.89. The fraction of sp³-hybridized carbons (Fsp3) is 0.435. The van der Waals surface area contributed by atoms with Gasteiger partial charge in [0.25, 0.3) is 5.91 Å². The summed E-state index contributed by atoms with van der Waals surface area (Å²) in [4.78, 5) is 15.4. The van der Waals surface area contributed by atoms with Crippen molar-refractivity contribution in [2.45, 2.75) is 44.4 Å². The Kier molecular flexibility index (Phi) is 5.59. The van der Waals surface area contributed by atoms with E-state index in [1.165, 1.54) is 0 Å². The molecule has 0 aliphatic carbocycles. The van der Waals surface area contributed by atoms with Crippen molar-refractivity contribution >= 4 is 21.6 Å². The number of amides is 1. The van der Waals surface area contributed by atoms with Crippen molar-refractivity contribution in [1.82, 2.24) is 4.31 Å². The predicted molar refractivity (Wildman–Crippen MR) is 117 cm³/mol. The number of ether oxygens (including phenoxy) is 1.